The van der Waals surface area contributed by atoms with Crippen molar-refractivity contribution in [1.29, 1.82) is 0 Å². The summed E-state index contributed by atoms with van der Waals surface area (Å²) in [5, 5.41) is 0. The number of rotatable bonds is 5. The van der Waals surface area contributed by atoms with Gasteiger partial charge in [0.25, 0.3) is 0 Å². The Morgan fingerprint density at radius 3 is 2.48 bits per heavy atom. The van der Waals surface area contributed by atoms with Crippen LogP contribution in [0.1, 0.15) is 24.5 Å². The molecule has 0 aliphatic rings. The van der Waals surface area contributed by atoms with E-state index >= 15 is 0 Å². The summed E-state index contributed by atoms with van der Waals surface area (Å²) < 4.78 is 26.8. The highest BCUT2D eigenvalue weighted by atomic mass is 32.2. The van der Waals surface area contributed by atoms with E-state index in [2.05, 4.69) is 6.07 Å². The fourth-order valence-corrected chi connectivity index (χ4v) is 3.01. The second kappa shape index (κ2) is 7.05. The van der Waals surface area contributed by atoms with Gasteiger partial charge in [-0.1, -0.05) is 36.4 Å². The maximum atomic E-state index is 13.8. The third kappa shape index (κ3) is 4.29. The fourth-order valence-electron chi connectivity index (χ4n) is 2.07. The molecule has 1 nitrogen and oxygen atoms in total. The van der Waals surface area contributed by atoms with E-state index in [4.69, 9.17) is 5.73 Å². The minimum absolute atomic E-state index is 0.0872. The van der Waals surface area contributed by atoms with Crippen LogP contribution in [0.3, 0.4) is 0 Å². The molecule has 0 saturated heterocycles. The second-order valence-corrected chi connectivity index (χ2v) is 6.24. The van der Waals surface area contributed by atoms with Crippen molar-refractivity contribution in [3.63, 3.8) is 0 Å². The van der Waals surface area contributed by atoms with Crippen LogP contribution >= 0.6 is 11.8 Å². The first-order chi connectivity index (χ1) is 9.99. The van der Waals surface area contributed by atoms with Crippen molar-refractivity contribution in [2.24, 2.45) is 5.73 Å². The molecule has 112 valence electrons. The lowest BCUT2D eigenvalue weighted by Crippen LogP contribution is -2.21. The molecule has 0 radical (unpaired) electrons. The molecule has 0 amide bonds. The molecule has 2 aromatic rings. The van der Waals surface area contributed by atoms with Crippen molar-refractivity contribution in [3.8, 4) is 0 Å². The van der Waals surface area contributed by atoms with Crippen LogP contribution in [0.5, 0.6) is 0 Å². The summed E-state index contributed by atoms with van der Waals surface area (Å²) in [7, 11) is 0. The maximum Gasteiger partial charge on any atom is 0.140 e. The van der Waals surface area contributed by atoms with Gasteiger partial charge in [-0.2, -0.15) is 0 Å². The molecule has 0 aliphatic carbocycles. The quantitative estimate of drug-likeness (QED) is 0.866. The van der Waals surface area contributed by atoms with Crippen molar-refractivity contribution in [1.82, 2.24) is 0 Å². The summed E-state index contributed by atoms with van der Waals surface area (Å²) in [6.07, 6.45) is 1.65. The maximum absolute atomic E-state index is 13.8. The average molecular weight is 307 g/mol. The lowest BCUT2D eigenvalue weighted by molar-refractivity contribution is 0.565. The SMILES string of the molecule is CCC(N)Cc1cc(C)ccc1Sc1ccc(F)cc1F. The van der Waals surface area contributed by atoms with E-state index in [0.29, 0.717) is 4.90 Å². The Kier molecular flexibility index (Phi) is 5.37. The summed E-state index contributed by atoms with van der Waals surface area (Å²) in [6, 6.07) is 9.79. The average Bonchev–Trinajstić information content (AvgIpc) is 2.44. The smallest absolute Gasteiger partial charge is 0.140 e. The highest BCUT2D eigenvalue weighted by Gasteiger charge is 2.11. The molecule has 0 aromatic heterocycles. The molecule has 0 spiro atoms. The Balaban J connectivity index is 2.30. The number of hydrogen-bond acceptors (Lipinski definition) is 2. The largest absolute Gasteiger partial charge is 0.327 e. The molecular formula is C17H19F2NS. The van der Waals surface area contributed by atoms with E-state index in [0.717, 1.165) is 34.9 Å². The first-order valence-electron chi connectivity index (χ1n) is 6.97. The molecule has 0 bridgehead atoms. The first-order valence-corrected chi connectivity index (χ1v) is 7.79. The highest BCUT2D eigenvalue weighted by Crippen LogP contribution is 2.33. The van der Waals surface area contributed by atoms with Crippen molar-refractivity contribution in [3.05, 3.63) is 59.2 Å². The zero-order valence-electron chi connectivity index (χ0n) is 12.2. The van der Waals surface area contributed by atoms with Crippen LogP contribution in [0, 0.1) is 18.6 Å². The zero-order chi connectivity index (χ0) is 15.4. The van der Waals surface area contributed by atoms with Crippen molar-refractivity contribution in [2.75, 3.05) is 0 Å². The van der Waals surface area contributed by atoms with Crippen molar-refractivity contribution >= 4 is 11.8 Å². The molecular weight excluding hydrogens is 288 g/mol. The van der Waals surface area contributed by atoms with Crippen LogP contribution in [0.2, 0.25) is 0 Å². The van der Waals surface area contributed by atoms with Gasteiger partial charge in [0, 0.05) is 21.9 Å². The van der Waals surface area contributed by atoms with Gasteiger partial charge >= 0.3 is 0 Å². The molecule has 0 fully saturated rings. The van der Waals surface area contributed by atoms with E-state index in [1.165, 1.54) is 23.9 Å². The molecule has 1 atom stereocenters. The minimum Gasteiger partial charge on any atom is -0.327 e. The zero-order valence-corrected chi connectivity index (χ0v) is 13.0. The van der Waals surface area contributed by atoms with Crippen LogP contribution in [0.25, 0.3) is 0 Å². The minimum atomic E-state index is -0.561. The van der Waals surface area contributed by atoms with E-state index < -0.39 is 11.6 Å². The first kappa shape index (κ1) is 16.0. The van der Waals surface area contributed by atoms with Gasteiger partial charge in [0.15, 0.2) is 0 Å². The number of nitrogens with two attached hydrogens (primary N) is 1. The van der Waals surface area contributed by atoms with E-state index in [-0.39, 0.29) is 6.04 Å². The predicted octanol–water partition coefficient (Wildman–Crippen LogP) is 4.70. The van der Waals surface area contributed by atoms with Crippen molar-refractivity contribution in [2.45, 2.75) is 42.5 Å². The third-order valence-electron chi connectivity index (χ3n) is 3.34. The summed E-state index contributed by atoms with van der Waals surface area (Å²) in [5.41, 5.74) is 8.29. The molecule has 2 N–H and O–H groups in total. The van der Waals surface area contributed by atoms with Gasteiger partial charge < -0.3 is 5.73 Å². The van der Waals surface area contributed by atoms with Gasteiger partial charge in [-0.05, 0) is 43.5 Å². The van der Waals surface area contributed by atoms with Crippen LogP contribution in [-0.4, -0.2) is 6.04 Å². The van der Waals surface area contributed by atoms with Crippen molar-refractivity contribution < 1.29 is 8.78 Å². The molecule has 1 unspecified atom stereocenters. The van der Waals surface area contributed by atoms with Crippen LogP contribution in [0.4, 0.5) is 8.78 Å². The molecule has 4 heteroatoms. The van der Waals surface area contributed by atoms with Crippen LogP contribution in [0.15, 0.2) is 46.2 Å². The van der Waals surface area contributed by atoms with E-state index in [1.54, 1.807) is 0 Å². The Labute approximate surface area is 128 Å². The standard InChI is InChI=1S/C17H19F2NS/c1-3-14(20)9-12-8-11(2)4-6-16(12)21-17-7-5-13(18)10-15(17)19/h4-8,10,14H,3,9,20H2,1-2H3. The van der Waals surface area contributed by atoms with Gasteiger partial charge in [0.1, 0.15) is 11.6 Å². The number of halogens is 2. The Bertz CT molecular complexity index is 628. The van der Waals surface area contributed by atoms with Crippen LogP contribution in [-0.2, 0) is 6.42 Å². The predicted molar refractivity (Wildman–Crippen MR) is 83.6 cm³/mol. The monoisotopic (exact) mass is 307 g/mol. The molecule has 2 aromatic carbocycles. The van der Waals surface area contributed by atoms with Gasteiger partial charge in [-0.25, -0.2) is 8.78 Å². The highest BCUT2D eigenvalue weighted by molar-refractivity contribution is 7.99. The summed E-state index contributed by atoms with van der Waals surface area (Å²) in [6.45, 7) is 4.07. The topological polar surface area (TPSA) is 26.0 Å². The van der Waals surface area contributed by atoms with Gasteiger partial charge in [0.2, 0.25) is 0 Å². The van der Waals surface area contributed by atoms with E-state index in [9.17, 15) is 8.78 Å². The fraction of sp³-hybridized carbons (Fsp3) is 0.294. The third-order valence-corrected chi connectivity index (χ3v) is 4.51. The Morgan fingerprint density at radius 2 is 1.81 bits per heavy atom. The van der Waals surface area contributed by atoms with Gasteiger partial charge in [-0.3, -0.25) is 0 Å². The Hall–Kier alpha value is -1.39. The number of hydrogen-bond donors (Lipinski definition) is 1. The lowest BCUT2D eigenvalue weighted by atomic mass is 10.0. The summed E-state index contributed by atoms with van der Waals surface area (Å²) in [5.74, 6) is -1.10. The summed E-state index contributed by atoms with van der Waals surface area (Å²) >= 11 is 1.31. The van der Waals surface area contributed by atoms with Crippen LogP contribution < -0.4 is 5.73 Å². The molecule has 0 saturated carbocycles. The number of benzene rings is 2. The molecule has 0 heterocycles. The number of aryl methyl sites for hydroxylation is 1. The van der Waals surface area contributed by atoms with Gasteiger partial charge in [-0.15, -0.1) is 0 Å². The lowest BCUT2D eigenvalue weighted by Gasteiger charge is -2.14. The normalized spacial score (nSPS) is 12.4. The Morgan fingerprint density at radius 1 is 1.10 bits per heavy atom. The van der Waals surface area contributed by atoms with E-state index in [1.807, 2.05) is 26.0 Å². The second-order valence-electron chi connectivity index (χ2n) is 5.16. The summed E-state index contributed by atoms with van der Waals surface area (Å²) in [4.78, 5) is 1.39. The molecule has 0 aliphatic heterocycles. The molecule has 21 heavy (non-hydrogen) atoms. The molecule has 2 rings (SSSR count). The van der Waals surface area contributed by atoms with Gasteiger partial charge in [0.05, 0.1) is 0 Å².